The SMILES string of the molecule is C[C@@H](Nc1ncnc(-c2ccc(Cl)cc2C#N)c1F)C(=O)N1CCC1. The largest absolute Gasteiger partial charge is 0.356 e. The molecule has 0 saturated carbocycles. The number of carbonyl (C=O) groups is 1. The Morgan fingerprint density at radius 3 is 2.84 bits per heavy atom. The van der Waals surface area contributed by atoms with Gasteiger partial charge in [0.05, 0.1) is 11.6 Å². The molecule has 1 aromatic carbocycles. The molecular formula is C17H15ClFN5O. The van der Waals surface area contributed by atoms with Gasteiger partial charge in [0, 0.05) is 23.7 Å². The number of hydrogen-bond donors (Lipinski definition) is 1. The summed E-state index contributed by atoms with van der Waals surface area (Å²) in [6.07, 6.45) is 2.18. The molecule has 25 heavy (non-hydrogen) atoms. The molecule has 3 rings (SSSR count). The quantitative estimate of drug-likeness (QED) is 0.907. The first kappa shape index (κ1) is 17.1. The number of benzene rings is 1. The van der Waals surface area contributed by atoms with E-state index in [1.807, 2.05) is 6.07 Å². The zero-order valence-corrected chi connectivity index (χ0v) is 14.2. The summed E-state index contributed by atoms with van der Waals surface area (Å²) in [4.78, 5) is 21.7. The van der Waals surface area contributed by atoms with Crippen molar-refractivity contribution in [3.8, 4) is 17.3 Å². The van der Waals surface area contributed by atoms with E-state index in [1.54, 1.807) is 17.9 Å². The number of halogens is 2. The van der Waals surface area contributed by atoms with Crippen LogP contribution in [0.4, 0.5) is 10.2 Å². The molecule has 0 bridgehead atoms. The first-order valence-electron chi connectivity index (χ1n) is 7.77. The topological polar surface area (TPSA) is 81.9 Å². The summed E-state index contributed by atoms with van der Waals surface area (Å²) in [6, 6.07) is 5.90. The zero-order valence-electron chi connectivity index (χ0n) is 13.5. The molecule has 0 aliphatic carbocycles. The maximum Gasteiger partial charge on any atom is 0.244 e. The van der Waals surface area contributed by atoms with Gasteiger partial charge < -0.3 is 10.2 Å². The molecule has 1 amide bonds. The molecule has 0 unspecified atom stereocenters. The molecule has 0 radical (unpaired) electrons. The molecule has 8 heteroatoms. The van der Waals surface area contributed by atoms with Crippen molar-refractivity contribution < 1.29 is 9.18 Å². The van der Waals surface area contributed by atoms with Gasteiger partial charge in [0.2, 0.25) is 5.91 Å². The number of anilines is 1. The number of hydrogen-bond acceptors (Lipinski definition) is 5. The Kier molecular flexibility index (Phi) is 4.81. The Hall–Kier alpha value is -2.72. The van der Waals surface area contributed by atoms with Gasteiger partial charge >= 0.3 is 0 Å². The molecule has 1 aliphatic rings. The molecule has 1 aliphatic heterocycles. The second-order valence-electron chi connectivity index (χ2n) is 5.73. The second-order valence-corrected chi connectivity index (χ2v) is 6.17. The van der Waals surface area contributed by atoms with E-state index in [9.17, 15) is 14.4 Å². The third-order valence-electron chi connectivity index (χ3n) is 4.04. The van der Waals surface area contributed by atoms with Crippen molar-refractivity contribution in [2.45, 2.75) is 19.4 Å². The van der Waals surface area contributed by atoms with E-state index in [0.29, 0.717) is 10.6 Å². The van der Waals surface area contributed by atoms with Crippen LogP contribution in [-0.2, 0) is 4.79 Å². The Balaban J connectivity index is 1.90. The fourth-order valence-electron chi connectivity index (χ4n) is 2.55. The van der Waals surface area contributed by atoms with E-state index in [-0.39, 0.29) is 23.0 Å². The van der Waals surface area contributed by atoms with E-state index >= 15 is 0 Å². The summed E-state index contributed by atoms with van der Waals surface area (Å²) in [5.74, 6) is -0.898. The highest BCUT2D eigenvalue weighted by Crippen LogP contribution is 2.29. The van der Waals surface area contributed by atoms with Crippen LogP contribution in [-0.4, -0.2) is 39.9 Å². The van der Waals surface area contributed by atoms with Crippen LogP contribution >= 0.6 is 11.6 Å². The predicted octanol–water partition coefficient (Wildman–Crippen LogP) is 2.84. The highest BCUT2D eigenvalue weighted by atomic mass is 35.5. The van der Waals surface area contributed by atoms with Crippen molar-refractivity contribution in [3.05, 3.63) is 40.9 Å². The number of nitrogens with zero attached hydrogens (tertiary/aromatic N) is 4. The summed E-state index contributed by atoms with van der Waals surface area (Å²) < 4.78 is 14.8. The van der Waals surface area contributed by atoms with Crippen molar-refractivity contribution in [1.82, 2.24) is 14.9 Å². The summed E-state index contributed by atoms with van der Waals surface area (Å²) in [5, 5.41) is 12.4. The maximum absolute atomic E-state index is 14.8. The number of amides is 1. The van der Waals surface area contributed by atoms with Gasteiger partial charge in [0.1, 0.15) is 18.1 Å². The van der Waals surface area contributed by atoms with Crippen molar-refractivity contribution in [2.75, 3.05) is 18.4 Å². The third kappa shape index (κ3) is 3.39. The Morgan fingerprint density at radius 1 is 1.44 bits per heavy atom. The number of aromatic nitrogens is 2. The molecular weight excluding hydrogens is 345 g/mol. The fraction of sp³-hybridized carbons (Fsp3) is 0.294. The molecule has 128 valence electrons. The number of likely N-dealkylation sites (tertiary alicyclic amines) is 1. The van der Waals surface area contributed by atoms with Crippen molar-refractivity contribution in [3.63, 3.8) is 0 Å². The Labute approximate surface area is 149 Å². The lowest BCUT2D eigenvalue weighted by molar-refractivity contribution is -0.135. The lowest BCUT2D eigenvalue weighted by Gasteiger charge is -2.33. The van der Waals surface area contributed by atoms with E-state index < -0.39 is 11.9 Å². The van der Waals surface area contributed by atoms with E-state index in [0.717, 1.165) is 19.5 Å². The smallest absolute Gasteiger partial charge is 0.244 e. The lowest BCUT2D eigenvalue weighted by atomic mass is 10.0. The van der Waals surface area contributed by atoms with Crippen LogP contribution in [0.15, 0.2) is 24.5 Å². The number of nitrogens with one attached hydrogen (secondary N) is 1. The summed E-state index contributed by atoms with van der Waals surface area (Å²) in [7, 11) is 0. The van der Waals surface area contributed by atoms with Gasteiger partial charge in [0.25, 0.3) is 0 Å². The van der Waals surface area contributed by atoms with Crippen LogP contribution in [0.2, 0.25) is 5.02 Å². The highest BCUT2D eigenvalue weighted by molar-refractivity contribution is 6.30. The summed E-state index contributed by atoms with van der Waals surface area (Å²) >= 11 is 5.87. The maximum atomic E-state index is 14.8. The Morgan fingerprint density at radius 2 is 2.20 bits per heavy atom. The van der Waals surface area contributed by atoms with Crippen LogP contribution in [0, 0.1) is 17.1 Å². The van der Waals surface area contributed by atoms with Gasteiger partial charge in [-0.3, -0.25) is 4.79 Å². The Bertz CT molecular complexity index is 863. The second kappa shape index (κ2) is 7.03. The average molecular weight is 360 g/mol. The zero-order chi connectivity index (χ0) is 18.0. The van der Waals surface area contributed by atoms with Crippen LogP contribution in [0.3, 0.4) is 0 Å². The van der Waals surface area contributed by atoms with Crippen LogP contribution in [0.25, 0.3) is 11.3 Å². The minimum absolute atomic E-state index is 0.0192. The first-order chi connectivity index (χ1) is 12.0. The van der Waals surface area contributed by atoms with Crippen LogP contribution in [0.5, 0.6) is 0 Å². The van der Waals surface area contributed by atoms with Gasteiger partial charge in [0.15, 0.2) is 11.6 Å². The lowest BCUT2D eigenvalue weighted by Crippen LogP contribution is -2.48. The summed E-state index contributed by atoms with van der Waals surface area (Å²) in [6.45, 7) is 3.10. The van der Waals surface area contributed by atoms with Crippen LogP contribution < -0.4 is 5.32 Å². The summed E-state index contributed by atoms with van der Waals surface area (Å²) in [5.41, 5.74) is 0.506. The number of rotatable bonds is 4. The van der Waals surface area contributed by atoms with Crippen LogP contribution in [0.1, 0.15) is 18.9 Å². The van der Waals surface area contributed by atoms with Crippen molar-refractivity contribution in [2.24, 2.45) is 0 Å². The normalized spacial score (nSPS) is 14.4. The van der Waals surface area contributed by atoms with E-state index in [2.05, 4.69) is 15.3 Å². The van der Waals surface area contributed by atoms with Gasteiger partial charge in [-0.2, -0.15) is 5.26 Å². The minimum Gasteiger partial charge on any atom is -0.356 e. The molecule has 6 nitrogen and oxygen atoms in total. The molecule has 2 heterocycles. The van der Waals surface area contributed by atoms with Crippen molar-refractivity contribution in [1.29, 1.82) is 5.26 Å². The molecule has 0 spiro atoms. The van der Waals surface area contributed by atoms with Gasteiger partial charge in [-0.1, -0.05) is 11.6 Å². The third-order valence-corrected chi connectivity index (χ3v) is 4.27. The molecule has 1 aromatic heterocycles. The molecule has 1 atom stereocenters. The average Bonchev–Trinajstić information content (AvgIpc) is 2.55. The van der Waals surface area contributed by atoms with Gasteiger partial charge in [-0.15, -0.1) is 0 Å². The van der Waals surface area contributed by atoms with E-state index in [4.69, 9.17) is 11.6 Å². The number of nitriles is 1. The predicted molar refractivity (Wildman–Crippen MR) is 91.4 cm³/mol. The molecule has 1 saturated heterocycles. The van der Waals surface area contributed by atoms with E-state index in [1.165, 1.54) is 18.5 Å². The number of carbonyl (C=O) groups excluding carboxylic acids is 1. The fourth-order valence-corrected chi connectivity index (χ4v) is 2.72. The minimum atomic E-state index is -0.718. The molecule has 1 fully saturated rings. The first-order valence-corrected chi connectivity index (χ1v) is 8.15. The molecule has 2 aromatic rings. The van der Waals surface area contributed by atoms with Crippen molar-refractivity contribution >= 4 is 23.3 Å². The molecule has 1 N–H and O–H groups in total. The van der Waals surface area contributed by atoms with Gasteiger partial charge in [-0.25, -0.2) is 14.4 Å². The standard InChI is InChI=1S/C17H15ClFN5O/c1-10(17(25)24-5-2-6-24)23-16-14(19)15(21-9-22-16)13-4-3-12(18)7-11(13)8-20/h3-4,7,9-10H,2,5-6H2,1H3,(H,21,22,23)/t10-/m1/s1. The van der Waals surface area contributed by atoms with Gasteiger partial charge in [-0.05, 0) is 31.5 Å². The highest BCUT2D eigenvalue weighted by Gasteiger charge is 2.26. The monoisotopic (exact) mass is 359 g/mol.